The summed E-state index contributed by atoms with van der Waals surface area (Å²) in [5, 5.41) is 11.6. The van der Waals surface area contributed by atoms with Crippen molar-refractivity contribution in [2.75, 3.05) is 0 Å². The molecule has 2 aromatic heterocycles. The second-order valence-electron chi connectivity index (χ2n) is 5.41. The van der Waals surface area contributed by atoms with E-state index < -0.39 is 27.8 Å². The molecule has 2 aromatic rings. The lowest BCUT2D eigenvalue weighted by Gasteiger charge is -2.14. The molecule has 0 aliphatic heterocycles. The zero-order valence-corrected chi connectivity index (χ0v) is 13.4. The lowest BCUT2D eigenvalue weighted by molar-refractivity contribution is -0.141. The maximum absolute atomic E-state index is 12.7. The van der Waals surface area contributed by atoms with E-state index in [1.165, 1.54) is 0 Å². The topological polar surface area (TPSA) is 96.7 Å². The van der Waals surface area contributed by atoms with Crippen LogP contribution in [0.3, 0.4) is 0 Å². The summed E-state index contributed by atoms with van der Waals surface area (Å²) in [6, 6.07) is 0. The Bertz CT molecular complexity index is 750. The number of hydrogen-bond donors (Lipinski definition) is 2. The Morgan fingerprint density at radius 2 is 2.17 bits per heavy atom. The van der Waals surface area contributed by atoms with Crippen LogP contribution in [0.2, 0.25) is 0 Å². The van der Waals surface area contributed by atoms with Crippen LogP contribution in [0.4, 0.5) is 13.2 Å². The SMILES string of the molecule is Cc1noc(CC2(NC(=O)c3n[nH]c(C(F)(F)F)c3Br)CC2)n1. The van der Waals surface area contributed by atoms with E-state index in [0.717, 1.165) is 0 Å². The molecule has 2 heterocycles. The number of amides is 1. The van der Waals surface area contributed by atoms with Gasteiger partial charge in [0.05, 0.1) is 10.9 Å². The normalized spacial score (nSPS) is 16.4. The van der Waals surface area contributed by atoms with E-state index in [-0.39, 0.29) is 5.69 Å². The molecule has 3 rings (SSSR count). The van der Waals surface area contributed by atoms with Gasteiger partial charge >= 0.3 is 6.18 Å². The molecule has 0 aromatic carbocycles. The zero-order chi connectivity index (χ0) is 16.8. The highest BCUT2D eigenvalue weighted by Gasteiger charge is 2.47. The van der Waals surface area contributed by atoms with Crippen LogP contribution in [0.15, 0.2) is 9.00 Å². The molecular formula is C12H11BrF3N5O2. The number of rotatable bonds is 4. The van der Waals surface area contributed by atoms with Gasteiger partial charge in [-0.2, -0.15) is 23.3 Å². The number of aromatic nitrogens is 4. The number of alkyl halides is 3. The van der Waals surface area contributed by atoms with Gasteiger partial charge in [0.15, 0.2) is 17.2 Å². The maximum Gasteiger partial charge on any atom is 0.433 e. The lowest BCUT2D eigenvalue weighted by Crippen LogP contribution is -2.39. The summed E-state index contributed by atoms with van der Waals surface area (Å²) in [4.78, 5) is 16.3. The summed E-state index contributed by atoms with van der Waals surface area (Å²) in [7, 11) is 0. The third-order valence-electron chi connectivity index (χ3n) is 3.50. The van der Waals surface area contributed by atoms with E-state index in [0.29, 0.717) is 31.0 Å². The van der Waals surface area contributed by atoms with Crippen LogP contribution >= 0.6 is 15.9 Å². The molecule has 1 amide bonds. The van der Waals surface area contributed by atoms with Crippen molar-refractivity contribution in [1.82, 2.24) is 25.7 Å². The molecule has 11 heteroatoms. The number of nitrogens with one attached hydrogen (secondary N) is 2. The first-order chi connectivity index (χ1) is 10.7. The number of hydrogen-bond acceptors (Lipinski definition) is 5. The molecule has 1 saturated carbocycles. The van der Waals surface area contributed by atoms with Crippen molar-refractivity contribution in [1.29, 1.82) is 0 Å². The Labute approximate surface area is 136 Å². The lowest BCUT2D eigenvalue weighted by atomic mass is 10.1. The number of H-pyrrole nitrogens is 1. The number of aromatic amines is 1. The van der Waals surface area contributed by atoms with Crippen LogP contribution in [-0.4, -0.2) is 31.8 Å². The highest BCUT2D eigenvalue weighted by Crippen LogP contribution is 2.39. The molecule has 2 N–H and O–H groups in total. The van der Waals surface area contributed by atoms with Gasteiger partial charge in [-0.3, -0.25) is 9.89 Å². The summed E-state index contributed by atoms with van der Waals surface area (Å²) in [6.07, 6.45) is -2.95. The molecule has 23 heavy (non-hydrogen) atoms. The van der Waals surface area contributed by atoms with E-state index in [4.69, 9.17) is 4.52 Å². The molecular weight excluding hydrogens is 383 g/mol. The third kappa shape index (κ3) is 3.23. The Balaban J connectivity index is 1.73. The highest BCUT2D eigenvalue weighted by atomic mass is 79.9. The first-order valence-electron chi connectivity index (χ1n) is 6.63. The molecule has 0 atom stereocenters. The largest absolute Gasteiger partial charge is 0.433 e. The number of carbonyl (C=O) groups is 1. The maximum atomic E-state index is 12.7. The van der Waals surface area contributed by atoms with Crippen molar-refractivity contribution < 1.29 is 22.5 Å². The first kappa shape index (κ1) is 16.0. The van der Waals surface area contributed by atoms with E-state index in [2.05, 4.69) is 36.5 Å². The molecule has 0 radical (unpaired) electrons. The Morgan fingerprint density at radius 1 is 1.48 bits per heavy atom. The van der Waals surface area contributed by atoms with Crippen LogP contribution in [0.5, 0.6) is 0 Å². The van der Waals surface area contributed by atoms with Crippen LogP contribution < -0.4 is 5.32 Å². The molecule has 0 bridgehead atoms. The van der Waals surface area contributed by atoms with Crippen molar-refractivity contribution in [3.63, 3.8) is 0 Å². The number of carbonyl (C=O) groups excluding carboxylic acids is 1. The minimum atomic E-state index is -4.62. The molecule has 0 saturated heterocycles. The first-order valence-corrected chi connectivity index (χ1v) is 7.42. The van der Waals surface area contributed by atoms with Crippen molar-refractivity contribution in [2.24, 2.45) is 0 Å². The highest BCUT2D eigenvalue weighted by molar-refractivity contribution is 9.10. The Kier molecular flexibility index (Phi) is 3.69. The van der Waals surface area contributed by atoms with Gasteiger partial charge in [-0.05, 0) is 35.7 Å². The fourth-order valence-electron chi connectivity index (χ4n) is 2.16. The summed E-state index contributed by atoms with van der Waals surface area (Å²) < 4.78 is 42.7. The Hall–Kier alpha value is -1.91. The standard InChI is InChI=1S/C12H11BrF3N5O2/c1-5-17-6(23-21-5)4-11(2-3-11)18-10(22)8-7(13)9(20-19-8)12(14,15)16/h2-4H2,1H3,(H,18,22)(H,19,20). The van der Waals surface area contributed by atoms with Crippen molar-refractivity contribution in [3.8, 4) is 0 Å². The van der Waals surface area contributed by atoms with Gasteiger partial charge in [0, 0.05) is 5.54 Å². The van der Waals surface area contributed by atoms with Crippen LogP contribution in [-0.2, 0) is 12.6 Å². The second-order valence-corrected chi connectivity index (χ2v) is 6.20. The van der Waals surface area contributed by atoms with Gasteiger partial charge < -0.3 is 9.84 Å². The fourth-order valence-corrected chi connectivity index (χ4v) is 2.75. The molecule has 1 aliphatic rings. The fraction of sp³-hybridized carbons (Fsp3) is 0.500. The van der Waals surface area contributed by atoms with Gasteiger partial charge in [0.25, 0.3) is 5.91 Å². The van der Waals surface area contributed by atoms with Gasteiger partial charge in [0.2, 0.25) is 5.89 Å². The number of halogens is 4. The van der Waals surface area contributed by atoms with Crippen molar-refractivity contribution in [3.05, 3.63) is 27.6 Å². The molecule has 124 valence electrons. The molecule has 1 fully saturated rings. The monoisotopic (exact) mass is 393 g/mol. The molecule has 1 aliphatic carbocycles. The summed E-state index contributed by atoms with van der Waals surface area (Å²) >= 11 is 2.77. The van der Waals surface area contributed by atoms with Gasteiger partial charge in [-0.15, -0.1) is 0 Å². The van der Waals surface area contributed by atoms with Crippen LogP contribution in [0.25, 0.3) is 0 Å². The second kappa shape index (κ2) is 5.32. The predicted molar refractivity (Wildman–Crippen MR) is 73.5 cm³/mol. The summed E-state index contributed by atoms with van der Waals surface area (Å²) in [5.41, 5.74) is -2.02. The van der Waals surface area contributed by atoms with Crippen LogP contribution in [0.1, 0.15) is 40.7 Å². The molecule has 0 spiro atoms. The van der Waals surface area contributed by atoms with Crippen molar-refractivity contribution >= 4 is 21.8 Å². The Morgan fingerprint density at radius 3 is 2.65 bits per heavy atom. The van der Waals surface area contributed by atoms with E-state index in [1.54, 1.807) is 6.92 Å². The molecule has 0 unspecified atom stereocenters. The van der Waals surface area contributed by atoms with Gasteiger partial charge in [-0.25, -0.2) is 0 Å². The van der Waals surface area contributed by atoms with Crippen LogP contribution in [0, 0.1) is 6.92 Å². The zero-order valence-electron chi connectivity index (χ0n) is 11.8. The summed E-state index contributed by atoms with van der Waals surface area (Å²) in [6.45, 7) is 1.67. The summed E-state index contributed by atoms with van der Waals surface area (Å²) in [5.74, 6) is 0.154. The van der Waals surface area contributed by atoms with Crippen molar-refractivity contribution in [2.45, 2.75) is 37.9 Å². The minimum absolute atomic E-state index is 0.327. The average molecular weight is 394 g/mol. The quantitative estimate of drug-likeness (QED) is 0.830. The molecule has 7 nitrogen and oxygen atoms in total. The smallest absolute Gasteiger partial charge is 0.345 e. The minimum Gasteiger partial charge on any atom is -0.345 e. The van der Waals surface area contributed by atoms with E-state index in [9.17, 15) is 18.0 Å². The third-order valence-corrected chi connectivity index (χ3v) is 4.27. The average Bonchev–Trinajstić information content (AvgIpc) is 2.86. The predicted octanol–water partition coefficient (Wildman–Crippen LogP) is 2.39. The van der Waals surface area contributed by atoms with Gasteiger partial charge in [-0.1, -0.05) is 5.16 Å². The van der Waals surface area contributed by atoms with Gasteiger partial charge in [0.1, 0.15) is 0 Å². The van der Waals surface area contributed by atoms with E-state index in [1.807, 2.05) is 5.10 Å². The number of nitrogens with zero attached hydrogens (tertiary/aromatic N) is 3. The number of aryl methyl sites for hydroxylation is 1. The van der Waals surface area contributed by atoms with E-state index >= 15 is 0 Å².